The van der Waals surface area contributed by atoms with Gasteiger partial charge >= 0.3 is 0 Å². The van der Waals surface area contributed by atoms with Gasteiger partial charge in [-0.25, -0.2) is 4.39 Å². The van der Waals surface area contributed by atoms with Crippen LogP contribution in [0.2, 0.25) is 0 Å². The first kappa shape index (κ1) is 12.1. The summed E-state index contributed by atoms with van der Waals surface area (Å²) >= 11 is 1.69. The van der Waals surface area contributed by atoms with Gasteiger partial charge in [0.2, 0.25) is 0 Å². The Morgan fingerprint density at radius 3 is 2.11 bits per heavy atom. The van der Waals surface area contributed by atoms with Crippen LogP contribution in [0, 0.1) is 12.7 Å². The van der Waals surface area contributed by atoms with E-state index in [2.05, 4.69) is 42.6 Å². The predicted octanol–water partition coefficient (Wildman–Crippen LogP) is 5.53. The van der Waals surface area contributed by atoms with Crippen LogP contribution in [-0.4, -0.2) is 0 Å². The molecule has 3 aromatic rings. The summed E-state index contributed by atoms with van der Waals surface area (Å²) < 4.78 is 13.0. The van der Waals surface area contributed by atoms with Crippen LogP contribution in [0.25, 0.3) is 21.6 Å². The first-order chi connectivity index (χ1) is 9.24. The molecule has 0 bridgehead atoms. The van der Waals surface area contributed by atoms with E-state index in [1.807, 2.05) is 12.1 Å². The van der Waals surface area contributed by atoms with Gasteiger partial charge in [-0.15, -0.1) is 11.3 Å². The molecule has 0 saturated carbocycles. The second-order valence-corrected chi connectivity index (χ2v) is 5.45. The minimum atomic E-state index is -0.197. The lowest BCUT2D eigenvalue weighted by molar-refractivity contribution is 0.628. The summed E-state index contributed by atoms with van der Waals surface area (Å²) in [5, 5.41) is 2.08. The lowest BCUT2D eigenvalue weighted by Gasteiger charge is -2.05. The number of benzene rings is 2. The average Bonchev–Trinajstić information content (AvgIpc) is 2.90. The third-order valence-electron chi connectivity index (χ3n) is 3.13. The van der Waals surface area contributed by atoms with Gasteiger partial charge < -0.3 is 0 Å². The normalized spacial score (nSPS) is 10.6. The number of rotatable bonds is 2. The van der Waals surface area contributed by atoms with Crippen molar-refractivity contribution >= 4 is 11.3 Å². The molecule has 0 aliphatic rings. The summed E-state index contributed by atoms with van der Waals surface area (Å²) in [6.07, 6.45) is 0. The molecule has 2 aromatic carbocycles. The highest BCUT2D eigenvalue weighted by Gasteiger charge is 2.08. The topological polar surface area (TPSA) is 0 Å². The minimum Gasteiger partial charge on any atom is -0.207 e. The van der Waals surface area contributed by atoms with Crippen molar-refractivity contribution in [1.29, 1.82) is 0 Å². The van der Waals surface area contributed by atoms with E-state index < -0.39 is 0 Å². The molecule has 19 heavy (non-hydrogen) atoms. The lowest BCUT2D eigenvalue weighted by atomic mass is 10.0. The third-order valence-corrected chi connectivity index (χ3v) is 4.10. The predicted molar refractivity (Wildman–Crippen MR) is 79.9 cm³/mol. The van der Waals surface area contributed by atoms with Crippen molar-refractivity contribution in [3.63, 3.8) is 0 Å². The summed E-state index contributed by atoms with van der Waals surface area (Å²) in [5.41, 5.74) is 4.72. The van der Waals surface area contributed by atoms with Gasteiger partial charge in [-0.2, -0.15) is 0 Å². The Balaban J connectivity index is 2.07. The molecular weight excluding hydrogens is 255 g/mol. The smallest absolute Gasteiger partial charge is 0.123 e. The van der Waals surface area contributed by atoms with Crippen molar-refractivity contribution in [2.24, 2.45) is 0 Å². The van der Waals surface area contributed by atoms with Crippen molar-refractivity contribution < 1.29 is 4.39 Å². The van der Waals surface area contributed by atoms with Crippen molar-refractivity contribution in [3.8, 4) is 21.6 Å². The summed E-state index contributed by atoms with van der Waals surface area (Å²) in [6, 6.07) is 17.3. The molecule has 0 atom stereocenters. The molecule has 0 radical (unpaired) electrons. The number of halogens is 1. The van der Waals surface area contributed by atoms with Crippen LogP contribution in [0.5, 0.6) is 0 Å². The van der Waals surface area contributed by atoms with Gasteiger partial charge in [0, 0.05) is 10.4 Å². The molecule has 1 aromatic heterocycles. The quantitative estimate of drug-likeness (QED) is 0.573. The Bertz CT molecular complexity index is 618. The van der Waals surface area contributed by atoms with Crippen LogP contribution in [-0.2, 0) is 0 Å². The van der Waals surface area contributed by atoms with Crippen molar-refractivity contribution in [2.75, 3.05) is 0 Å². The third kappa shape index (κ3) is 2.45. The zero-order chi connectivity index (χ0) is 13.2. The molecule has 0 nitrogen and oxygen atoms in total. The molecule has 1 heterocycles. The van der Waals surface area contributed by atoms with Gasteiger partial charge in [0.05, 0.1) is 0 Å². The molecule has 0 saturated heterocycles. The molecule has 0 aliphatic carbocycles. The molecule has 0 fully saturated rings. The Morgan fingerprint density at radius 1 is 0.789 bits per heavy atom. The van der Waals surface area contributed by atoms with E-state index in [-0.39, 0.29) is 5.82 Å². The number of hydrogen-bond acceptors (Lipinski definition) is 1. The Labute approximate surface area is 116 Å². The highest BCUT2D eigenvalue weighted by atomic mass is 32.1. The molecule has 0 aliphatic heterocycles. The highest BCUT2D eigenvalue weighted by Crippen LogP contribution is 2.36. The largest absolute Gasteiger partial charge is 0.207 e. The highest BCUT2D eigenvalue weighted by molar-refractivity contribution is 7.14. The maximum atomic E-state index is 13.0. The van der Waals surface area contributed by atoms with Crippen LogP contribution < -0.4 is 0 Å². The Kier molecular flexibility index (Phi) is 3.18. The van der Waals surface area contributed by atoms with Crippen molar-refractivity contribution in [3.05, 3.63) is 71.4 Å². The van der Waals surface area contributed by atoms with Gasteiger partial charge in [0.25, 0.3) is 0 Å². The molecular formula is C17H13FS. The van der Waals surface area contributed by atoms with Crippen LogP contribution >= 0.6 is 11.3 Å². The van der Waals surface area contributed by atoms with Gasteiger partial charge in [-0.05, 0) is 41.6 Å². The summed E-state index contributed by atoms with van der Waals surface area (Å²) in [4.78, 5) is 1.18. The number of aryl methyl sites for hydroxylation is 1. The monoisotopic (exact) mass is 268 g/mol. The fraction of sp³-hybridized carbons (Fsp3) is 0.0588. The van der Waals surface area contributed by atoms with Crippen LogP contribution in [0.15, 0.2) is 60.0 Å². The summed E-state index contributed by atoms with van der Waals surface area (Å²) in [6.45, 7) is 2.08. The van der Waals surface area contributed by atoms with Gasteiger partial charge in [0.15, 0.2) is 0 Å². The van der Waals surface area contributed by atoms with Crippen molar-refractivity contribution in [2.45, 2.75) is 6.92 Å². The first-order valence-electron chi connectivity index (χ1n) is 6.14. The number of thiophene rings is 1. The lowest BCUT2D eigenvalue weighted by Crippen LogP contribution is -1.81. The molecule has 0 unspecified atom stereocenters. The van der Waals surface area contributed by atoms with E-state index in [1.165, 1.54) is 33.7 Å². The zero-order valence-corrected chi connectivity index (χ0v) is 11.4. The molecule has 3 rings (SSSR count). The fourth-order valence-electron chi connectivity index (χ4n) is 2.09. The second kappa shape index (κ2) is 4.98. The zero-order valence-electron chi connectivity index (χ0n) is 10.6. The van der Waals surface area contributed by atoms with Crippen LogP contribution in [0.1, 0.15) is 5.56 Å². The fourth-order valence-corrected chi connectivity index (χ4v) is 3.02. The van der Waals surface area contributed by atoms with Crippen molar-refractivity contribution in [1.82, 2.24) is 0 Å². The van der Waals surface area contributed by atoms with Crippen LogP contribution in [0.4, 0.5) is 4.39 Å². The van der Waals surface area contributed by atoms with Gasteiger partial charge in [-0.3, -0.25) is 0 Å². The molecule has 0 spiro atoms. The Hall–Kier alpha value is -1.93. The SMILES string of the molecule is Cc1ccc(-c2ccsc2-c2ccc(F)cc2)cc1. The van der Waals surface area contributed by atoms with Crippen LogP contribution in [0.3, 0.4) is 0 Å². The molecule has 0 amide bonds. The summed E-state index contributed by atoms with van der Waals surface area (Å²) in [7, 11) is 0. The van der Waals surface area contributed by atoms with Gasteiger partial charge in [-0.1, -0.05) is 42.0 Å². The Morgan fingerprint density at radius 2 is 1.42 bits per heavy atom. The van der Waals surface area contributed by atoms with E-state index >= 15 is 0 Å². The molecule has 2 heteroatoms. The van der Waals surface area contributed by atoms with E-state index in [1.54, 1.807) is 11.3 Å². The maximum absolute atomic E-state index is 13.0. The number of hydrogen-bond donors (Lipinski definition) is 0. The maximum Gasteiger partial charge on any atom is 0.123 e. The standard InChI is InChI=1S/C17H13FS/c1-12-2-4-13(5-3-12)16-10-11-19-17(16)14-6-8-15(18)9-7-14/h2-11H,1H3. The molecule has 0 N–H and O–H groups in total. The first-order valence-corrected chi connectivity index (χ1v) is 7.02. The second-order valence-electron chi connectivity index (χ2n) is 4.54. The van der Waals surface area contributed by atoms with E-state index in [4.69, 9.17) is 0 Å². The van der Waals surface area contributed by atoms with E-state index in [9.17, 15) is 4.39 Å². The molecule has 94 valence electrons. The van der Waals surface area contributed by atoms with E-state index in [0.29, 0.717) is 0 Å². The average molecular weight is 268 g/mol. The van der Waals surface area contributed by atoms with E-state index in [0.717, 1.165) is 5.56 Å². The van der Waals surface area contributed by atoms with Gasteiger partial charge in [0.1, 0.15) is 5.82 Å². The summed E-state index contributed by atoms with van der Waals surface area (Å²) in [5.74, 6) is -0.197. The minimum absolute atomic E-state index is 0.197.